The summed E-state index contributed by atoms with van der Waals surface area (Å²) < 4.78 is 20.2. The molecule has 2 heterocycles. The molecule has 1 saturated carbocycles. The molecule has 0 bridgehead atoms. The van der Waals surface area contributed by atoms with E-state index in [4.69, 9.17) is 9.84 Å². The number of amides is 1. The number of benzene rings is 1. The summed E-state index contributed by atoms with van der Waals surface area (Å²) in [6.45, 7) is 1.34. The molecule has 1 aliphatic heterocycles. The quantitative estimate of drug-likeness (QED) is 0.694. The lowest BCUT2D eigenvalue weighted by Gasteiger charge is -2.31. The number of likely N-dealkylation sites (tertiary alicyclic amines) is 1. The summed E-state index contributed by atoms with van der Waals surface area (Å²) in [7, 11) is 0. The molecule has 2 aromatic rings. The van der Waals surface area contributed by atoms with E-state index < -0.39 is 18.0 Å². The van der Waals surface area contributed by atoms with Gasteiger partial charge in [0.05, 0.1) is 17.9 Å². The highest BCUT2D eigenvalue weighted by atomic mass is 32.2. The number of ether oxygens (including phenoxy) is 1. The molecule has 30 heavy (non-hydrogen) atoms. The summed E-state index contributed by atoms with van der Waals surface area (Å²) in [5.41, 5.74) is -0.177. The van der Waals surface area contributed by atoms with Crippen LogP contribution in [0.1, 0.15) is 37.9 Å². The number of fused-ring (bicyclic) bond motifs is 1. The molecule has 0 atom stereocenters. The van der Waals surface area contributed by atoms with Crippen molar-refractivity contribution >= 4 is 28.6 Å². The van der Waals surface area contributed by atoms with Crippen molar-refractivity contribution in [1.29, 1.82) is 0 Å². The monoisotopic (exact) mass is 435 g/mol. The van der Waals surface area contributed by atoms with E-state index in [-0.39, 0.29) is 11.3 Å². The Labute approximate surface area is 178 Å². The van der Waals surface area contributed by atoms with Gasteiger partial charge in [-0.2, -0.15) is 11.8 Å². The normalized spacial score (nSPS) is 17.9. The number of rotatable bonds is 7. The highest BCUT2D eigenvalue weighted by molar-refractivity contribution is 7.99. The lowest BCUT2D eigenvalue weighted by molar-refractivity contribution is -0.134. The Morgan fingerprint density at radius 2 is 2.07 bits per heavy atom. The van der Waals surface area contributed by atoms with Crippen LogP contribution < -0.4 is 10.3 Å². The molecule has 1 saturated heterocycles. The molecule has 4 rings (SSSR count). The van der Waals surface area contributed by atoms with Crippen LogP contribution in [-0.2, 0) is 10.5 Å². The summed E-state index contributed by atoms with van der Waals surface area (Å²) in [5.74, 6) is 1.08. The first-order valence-corrected chi connectivity index (χ1v) is 11.4. The first kappa shape index (κ1) is 21.1. The molecule has 162 valence electrons. The number of aliphatic hydroxyl groups is 1. The van der Waals surface area contributed by atoms with E-state index in [1.165, 1.54) is 12.5 Å². The second kappa shape index (κ2) is 9.34. The summed E-state index contributed by atoms with van der Waals surface area (Å²) in [5, 5.41) is 9.25. The molecule has 0 radical (unpaired) electrons. The third-order valence-electron chi connectivity index (χ3n) is 5.88. The van der Waals surface area contributed by atoms with Gasteiger partial charge in [-0.3, -0.25) is 9.59 Å². The first-order chi connectivity index (χ1) is 14.5. The maximum absolute atomic E-state index is 14.5. The van der Waals surface area contributed by atoms with Gasteiger partial charge in [0, 0.05) is 30.5 Å². The predicted octanol–water partition coefficient (Wildman–Crippen LogP) is 2.46. The highest BCUT2D eigenvalue weighted by Crippen LogP contribution is 2.29. The minimum Gasteiger partial charge on any atom is -0.493 e. The van der Waals surface area contributed by atoms with Gasteiger partial charge in [0.25, 0.3) is 5.56 Å². The van der Waals surface area contributed by atoms with Crippen molar-refractivity contribution in [2.24, 2.45) is 5.92 Å². The van der Waals surface area contributed by atoms with Crippen LogP contribution >= 0.6 is 11.8 Å². The Balaban J connectivity index is 1.41. The number of aliphatic hydroxyl groups excluding tert-OH is 1. The summed E-state index contributed by atoms with van der Waals surface area (Å²) >= 11 is 1.66. The third kappa shape index (κ3) is 4.78. The predicted molar refractivity (Wildman–Crippen MR) is 113 cm³/mol. The second-order valence-corrected chi connectivity index (χ2v) is 9.26. The van der Waals surface area contributed by atoms with Crippen molar-refractivity contribution < 1.29 is 19.0 Å². The van der Waals surface area contributed by atoms with Gasteiger partial charge in [0.2, 0.25) is 5.91 Å². The average Bonchev–Trinajstić information content (AvgIpc) is 2.70. The van der Waals surface area contributed by atoms with Crippen LogP contribution in [0.3, 0.4) is 0 Å². The van der Waals surface area contributed by atoms with Crippen molar-refractivity contribution in [2.75, 3.05) is 26.3 Å². The van der Waals surface area contributed by atoms with Crippen molar-refractivity contribution in [3.63, 3.8) is 0 Å². The largest absolute Gasteiger partial charge is 0.493 e. The van der Waals surface area contributed by atoms with E-state index in [1.54, 1.807) is 22.7 Å². The van der Waals surface area contributed by atoms with Crippen LogP contribution in [0, 0.1) is 11.7 Å². The van der Waals surface area contributed by atoms with Gasteiger partial charge in [0.1, 0.15) is 29.4 Å². The smallest absolute Gasteiger partial charge is 0.261 e. The van der Waals surface area contributed by atoms with E-state index in [1.807, 2.05) is 0 Å². The Morgan fingerprint density at radius 1 is 1.30 bits per heavy atom. The fraction of sp³-hybridized carbons (Fsp3) is 0.571. The number of hydrogen-bond acceptors (Lipinski definition) is 6. The molecule has 2 aliphatic rings. The Bertz CT molecular complexity index is 971. The van der Waals surface area contributed by atoms with E-state index in [9.17, 15) is 14.0 Å². The van der Waals surface area contributed by atoms with E-state index in [2.05, 4.69) is 9.97 Å². The molecule has 0 spiro atoms. The zero-order valence-corrected chi connectivity index (χ0v) is 17.5. The van der Waals surface area contributed by atoms with Gasteiger partial charge < -0.3 is 19.7 Å². The summed E-state index contributed by atoms with van der Waals surface area (Å²) in [6, 6.07) is 2.90. The lowest BCUT2D eigenvalue weighted by atomic mass is 9.86. The number of H-pyrrole nitrogens is 1. The van der Waals surface area contributed by atoms with Gasteiger partial charge in [-0.1, -0.05) is 6.42 Å². The number of hydrogen-bond donors (Lipinski definition) is 2. The molecule has 1 aliphatic carbocycles. The zero-order valence-electron chi connectivity index (χ0n) is 16.7. The Kier molecular flexibility index (Phi) is 6.58. The summed E-state index contributed by atoms with van der Waals surface area (Å²) in [6.07, 6.45) is 5.14. The molecular weight excluding hydrogens is 409 g/mol. The first-order valence-electron chi connectivity index (χ1n) is 10.4. The third-order valence-corrected chi connectivity index (χ3v) is 7.26. The van der Waals surface area contributed by atoms with Crippen molar-refractivity contribution in [2.45, 2.75) is 43.1 Å². The maximum atomic E-state index is 14.5. The number of aromatic amines is 1. The molecule has 1 amide bonds. The fourth-order valence-corrected chi connectivity index (χ4v) is 4.92. The SMILES string of the molecule is O=C(CO)N1CCC(SCc2nc3cc(OCC4CCC4)cc(F)c3c(=O)[nH]2)CC1. The molecule has 7 nitrogen and oxygen atoms in total. The average molecular weight is 436 g/mol. The Hall–Kier alpha value is -2.13. The number of carbonyl (C=O) groups excluding carboxylic acids is 1. The number of thioether (sulfide) groups is 1. The molecule has 1 aromatic carbocycles. The standard InChI is InChI=1S/C21H26FN3O4S/c22-16-8-14(29-11-13-2-1-3-13)9-17-20(16)21(28)24-18(23-17)12-30-15-4-6-25(7-5-15)19(27)10-26/h8-9,13,15,26H,1-7,10-12H2,(H,23,24,28). The second-order valence-electron chi connectivity index (χ2n) is 7.97. The van der Waals surface area contributed by atoms with Crippen molar-refractivity contribution in [3.8, 4) is 5.75 Å². The van der Waals surface area contributed by atoms with Crippen molar-refractivity contribution in [1.82, 2.24) is 14.9 Å². The summed E-state index contributed by atoms with van der Waals surface area (Å²) in [4.78, 5) is 32.8. The van der Waals surface area contributed by atoms with Crippen LogP contribution in [0.4, 0.5) is 4.39 Å². The van der Waals surface area contributed by atoms with Crippen molar-refractivity contribution in [3.05, 3.63) is 34.1 Å². The number of aromatic nitrogens is 2. The van der Waals surface area contributed by atoms with Crippen LogP contribution in [0.2, 0.25) is 0 Å². The van der Waals surface area contributed by atoms with Crippen LogP contribution in [0.25, 0.3) is 10.9 Å². The minimum absolute atomic E-state index is 0.0458. The number of nitrogens with one attached hydrogen (secondary N) is 1. The zero-order chi connectivity index (χ0) is 21.1. The number of nitrogens with zero attached hydrogens (tertiary/aromatic N) is 2. The lowest BCUT2D eigenvalue weighted by Crippen LogP contribution is -2.40. The van der Waals surface area contributed by atoms with E-state index in [0.717, 1.165) is 25.7 Å². The van der Waals surface area contributed by atoms with Crippen LogP contribution in [-0.4, -0.2) is 57.4 Å². The molecule has 0 unspecified atom stereocenters. The number of halogens is 1. The highest BCUT2D eigenvalue weighted by Gasteiger charge is 2.23. The van der Waals surface area contributed by atoms with Crippen LogP contribution in [0.15, 0.2) is 16.9 Å². The molecule has 9 heteroatoms. The number of carbonyl (C=O) groups is 1. The molecular formula is C21H26FN3O4S. The van der Waals surface area contributed by atoms with Crippen LogP contribution in [0.5, 0.6) is 5.75 Å². The van der Waals surface area contributed by atoms with Gasteiger partial charge in [-0.05, 0) is 31.6 Å². The van der Waals surface area contributed by atoms with Gasteiger partial charge in [-0.15, -0.1) is 0 Å². The molecule has 1 aromatic heterocycles. The van der Waals surface area contributed by atoms with Gasteiger partial charge in [0.15, 0.2) is 0 Å². The van der Waals surface area contributed by atoms with E-state index in [0.29, 0.717) is 53.7 Å². The fourth-order valence-electron chi connectivity index (χ4n) is 3.84. The topological polar surface area (TPSA) is 95.5 Å². The number of piperidine rings is 1. The van der Waals surface area contributed by atoms with Gasteiger partial charge >= 0.3 is 0 Å². The maximum Gasteiger partial charge on any atom is 0.261 e. The molecule has 2 fully saturated rings. The van der Waals surface area contributed by atoms with E-state index >= 15 is 0 Å². The molecule has 2 N–H and O–H groups in total. The minimum atomic E-state index is -0.620. The van der Waals surface area contributed by atoms with Gasteiger partial charge in [-0.25, -0.2) is 9.37 Å². The Morgan fingerprint density at radius 3 is 2.73 bits per heavy atom.